The van der Waals surface area contributed by atoms with Crippen LogP contribution in [-0.4, -0.2) is 18.3 Å². The van der Waals surface area contributed by atoms with Crippen LogP contribution in [0.4, 0.5) is 0 Å². The van der Waals surface area contributed by atoms with Gasteiger partial charge < -0.3 is 68.8 Å². The van der Waals surface area contributed by atoms with Gasteiger partial charge in [0.15, 0.2) is 9.54 Å². The minimum absolute atomic E-state index is 0. The monoisotopic (exact) mass is 854 g/mol. The van der Waals surface area contributed by atoms with Crippen molar-refractivity contribution >= 4 is 75.0 Å². The molecule has 0 aliphatic rings. The number of rotatable bonds is 8. The molecule has 0 atom stereocenters. The third-order valence-electron chi connectivity index (χ3n) is 9.14. The van der Waals surface area contributed by atoms with Gasteiger partial charge in [-0.2, -0.15) is 0 Å². The first-order valence-corrected chi connectivity index (χ1v) is 19.9. The molecule has 6 rings (SSSR count). The van der Waals surface area contributed by atoms with E-state index in [1.165, 1.54) is 22.3 Å². The molecule has 2 aromatic heterocycles. The molecule has 0 aliphatic carbocycles. The molecule has 0 aliphatic heterocycles. The minimum atomic E-state index is 0. The molecule has 0 bridgehead atoms. The molecule has 4 nitrogen and oxygen atoms in total. The van der Waals surface area contributed by atoms with Gasteiger partial charge in [-0.15, -0.1) is 20.1 Å². The second-order valence-electron chi connectivity index (χ2n) is 14.0. The fourth-order valence-electron chi connectivity index (χ4n) is 6.50. The fraction of sp³-hybridized carbons (Fsp3) is 0.286. The van der Waals surface area contributed by atoms with Crippen molar-refractivity contribution in [2.24, 2.45) is 0 Å². The van der Waals surface area contributed by atoms with Crippen LogP contribution < -0.4 is 0 Å². The number of aromatic nitrogens is 4. The number of hydrogen-bond donors (Lipinski definition) is 0. The maximum Gasteiger partial charge on any atom is 0.186 e. The number of nitrogens with zero attached hydrogens (tertiary/aromatic N) is 4. The van der Waals surface area contributed by atoms with Gasteiger partial charge in [-0.1, -0.05) is 128 Å². The van der Waals surface area contributed by atoms with E-state index in [-0.39, 0.29) is 16.5 Å². The summed E-state index contributed by atoms with van der Waals surface area (Å²) < 4.78 is 9.03. The van der Waals surface area contributed by atoms with Crippen molar-refractivity contribution in [3.63, 3.8) is 0 Å². The van der Waals surface area contributed by atoms with E-state index in [1.54, 1.807) is 0 Å². The summed E-state index contributed by atoms with van der Waals surface area (Å²) >= 11 is 34.5. The summed E-state index contributed by atoms with van der Waals surface area (Å²) in [5.74, 6) is 1.45. The quantitative estimate of drug-likeness (QED) is 0.0857. The van der Waals surface area contributed by atoms with E-state index in [4.69, 9.17) is 75.0 Å². The minimum Gasteiger partial charge on any atom is -0.762 e. The Morgan fingerprint density at radius 2 is 0.528 bits per heavy atom. The molecule has 0 spiro atoms. The van der Waals surface area contributed by atoms with Crippen molar-refractivity contribution in [1.82, 2.24) is 18.3 Å². The summed E-state index contributed by atoms with van der Waals surface area (Å²) in [6.07, 6.45) is 0. The number of imidazole rings is 2. The van der Waals surface area contributed by atoms with E-state index in [2.05, 4.69) is 104 Å². The van der Waals surface area contributed by atoms with Gasteiger partial charge in [-0.25, -0.2) is 0 Å². The summed E-state index contributed by atoms with van der Waals surface area (Å²) in [6, 6.07) is 33.0. The normalized spacial score (nSPS) is 11.2. The van der Waals surface area contributed by atoms with Crippen molar-refractivity contribution < 1.29 is 16.5 Å². The zero-order chi connectivity index (χ0) is 38.0. The maximum atomic E-state index is 5.85. The Morgan fingerprint density at radius 1 is 0.358 bits per heavy atom. The van der Waals surface area contributed by atoms with Crippen molar-refractivity contribution in [2.45, 2.75) is 99.2 Å². The molecule has 2 heterocycles. The van der Waals surface area contributed by atoms with Crippen molar-refractivity contribution in [2.75, 3.05) is 0 Å². The smallest absolute Gasteiger partial charge is 0.186 e. The second-order valence-corrected chi connectivity index (χ2v) is 16.3. The van der Waals surface area contributed by atoms with Gasteiger partial charge in [0.05, 0.1) is 0 Å². The number of benzene rings is 4. The predicted molar refractivity (Wildman–Crippen MR) is 231 cm³/mol. The standard InChI is InChI=1S/2C21H24N2S3.Ni/c2*1-13(2)15-9-5-7-11-17(15)22-19(24)20(25)23(21(22)26)18-12-8-6-10-16(18)14(3)4;/h2*5-14,24-25H,1-4H3;/p-4. The van der Waals surface area contributed by atoms with Gasteiger partial charge in [-0.3, -0.25) is 0 Å². The Morgan fingerprint density at radius 3 is 0.698 bits per heavy atom. The summed E-state index contributed by atoms with van der Waals surface area (Å²) in [5.41, 5.74) is 8.90. The Bertz CT molecular complexity index is 2010. The molecule has 282 valence electrons. The van der Waals surface area contributed by atoms with Gasteiger partial charge in [0.2, 0.25) is 0 Å². The van der Waals surface area contributed by atoms with Crippen LogP contribution in [0, 0.1) is 9.54 Å². The van der Waals surface area contributed by atoms with E-state index >= 15 is 0 Å². The van der Waals surface area contributed by atoms with Gasteiger partial charge in [0.25, 0.3) is 0 Å². The summed E-state index contributed by atoms with van der Waals surface area (Å²) in [4.78, 5) is 0. The van der Waals surface area contributed by atoms with Crippen LogP contribution in [0.2, 0.25) is 0 Å². The molecule has 0 fully saturated rings. The van der Waals surface area contributed by atoms with Gasteiger partial charge >= 0.3 is 0 Å². The molecular weight excluding hydrogens is 812 g/mol. The van der Waals surface area contributed by atoms with Crippen LogP contribution in [0.3, 0.4) is 0 Å². The topological polar surface area (TPSA) is 19.7 Å². The average Bonchev–Trinajstić information content (AvgIpc) is 3.48. The zero-order valence-corrected chi connectivity index (χ0v) is 37.0. The van der Waals surface area contributed by atoms with E-state index in [0.717, 1.165) is 22.7 Å². The maximum absolute atomic E-state index is 5.85. The van der Waals surface area contributed by atoms with Crippen LogP contribution in [-0.2, 0) is 67.0 Å². The van der Waals surface area contributed by atoms with Crippen LogP contribution in [0.1, 0.15) is 101 Å². The van der Waals surface area contributed by atoms with E-state index in [0.29, 0.717) is 53.3 Å². The number of para-hydroxylation sites is 4. The van der Waals surface area contributed by atoms with Crippen LogP contribution in [0.15, 0.2) is 117 Å². The van der Waals surface area contributed by atoms with Gasteiger partial charge in [0.1, 0.15) is 0 Å². The van der Waals surface area contributed by atoms with Crippen molar-refractivity contribution in [3.05, 3.63) is 129 Å². The van der Waals surface area contributed by atoms with Crippen LogP contribution in [0.5, 0.6) is 0 Å². The molecule has 53 heavy (non-hydrogen) atoms. The summed E-state index contributed by atoms with van der Waals surface area (Å²) in [7, 11) is 0. The zero-order valence-electron chi connectivity index (χ0n) is 31.1. The van der Waals surface area contributed by atoms with Crippen molar-refractivity contribution in [1.29, 1.82) is 0 Å². The van der Waals surface area contributed by atoms with Crippen LogP contribution in [0.25, 0.3) is 22.7 Å². The van der Waals surface area contributed by atoms with E-state index < -0.39 is 0 Å². The second kappa shape index (κ2) is 18.2. The molecule has 0 saturated carbocycles. The molecule has 4 aromatic carbocycles. The molecule has 0 unspecified atom stereocenters. The molecule has 0 saturated heterocycles. The molecular formula is C42H44N4NiS6-4. The Balaban J connectivity index is 0.000000232. The summed E-state index contributed by atoms with van der Waals surface area (Å²) in [6.45, 7) is 17.4. The first-order chi connectivity index (χ1) is 24.7. The molecule has 11 heteroatoms. The average molecular weight is 856 g/mol. The summed E-state index contributed by atoms with van der Waals surface area (Å²) in [5, 5.41) is 2.38. The molecule has 0 radical (unpaired) electrons. The predicted octanol–water partition coefficient (Wildman–Crippen LogP) is 12.1. The molecule has 0 amide bonds. The Kier molecular flexibility index (Phi) is 14.7. The van der Waals surface area contributed by atoms with E-state index in [1.807, 2.05) is 66.8 Å². The Hall–Kier alpha value is -2.89. The van der Waals surface area contributed by atoms with Gasteiger partial charge in [0, 0.05) is 39.2 Å². The first-order valence-electron chi connectivity index (χ1n) is 17.5. The van der Waals surface area contributed by atoms with Crippen molar-refractivity contribution in [3.8, 4) is 22.7 Å². The van der Waals surface area contributed by atoms with Gasteiger partial charge in [-0.05, 0) is 94.6 Å². The SMILES string of the molecule is CC(C)c1ccccc1-n1c([S-])c([S-])n(-c2ccccc2C(C)C)c1=S.CC(C)c1ccccc1-n1c([S-])c([S-])n(-c2ccccc2C(C)C)c1=S.[Ni]. The third-order valence-corrected chi connectivity index (χ3v) is 11.6. The number of hydrogen-bond acceptors (Lipinski definition) is 6. The fourth-order valence-corrected chi connectivity index (χ4v) is 8.59. The third kappa shape index (κ3) is 8.52. The first kappa shape index (κ1) is 42.8. The largest absolute Gasteiger partial charge is 0.762 e. The molecule has 0 N–H and O–H groups in total. The molecule has 6 aromatic rings. The van der Waals surface area contributed by atoms with Crippen LogP contribution >= 0.6 is 24.4 Å². The Labute approximate surface area is 357 Å². The van der Waals surface area contributed by atoms with E-state index in [9.17, 15) is 0 Å².